The van der Waals surface area contributed by atoms with Crippen molar-refractivity contribution in [3.63, 3.8) is 0 Å². The predicted molar refractivity (Wildman–Crippen MR) is 98.7 cm³/mol. The van der Waals surface area contributed by atoms with E-state index in [9.17, 15) is 9.59 Å². The van der Waals surface area contributed by atoms with E-state index in [-0.39, 0.29) is 29.6 Å². The van der Waals surface area contributed by atoms with Crippen molar-refractivity contribution < 1.29 is 28.5 Å². The minimum atomic E-state index is -0.804. The fraction of sp³-hybridized carbons (Fsp3) is 0.789. The lowest BCUT2D eigenvalue weighted by Gasteiger charge is -2.42. The summed E-state index contributed by atoms with van der Waals surface area (Å²) < 4.78 is 23.2. The van der Waals surface area contributed by atoms with Crippen LogP contribution in [0.4, 0.5) is 4.79 Å². The molecule has 1 spiro atoms. The van der Waals surface area contributed by atoms with Crippen LogP contribution in [-0.2, 0) is 23.7 Å². The SMILES string of the molecule is CO[C@H]1C([C@@]2(C)O[C@@H]2CC=C(C)C)[C@]2(CC[C@H]1OC(=O)NC(=O)CCl)CO2. The number of ether oxygens (including phenoxy) is 4. The number of amides is 2. The fourth-order valence-electron chi connectivity index (χ4n) is 4.38. The van der Waals surface area contributed by atoms with Crippen molar-refractivity contribution in [2.24, 2.45) is 5.92 Å². The number of methoxy groups -OCH3 is 1. The monoisotopic (exact) mass is 401 g/mol. The molecule has 0 aromatic carbocycles. The topological polar surface area (TPSA) is 89.7 Å². The van der Waals surface area contributed by atoms with Gasteiger partial charge in [0, 0.05) is 7.11 Å². The molecule has 7 nitrogen and oxygen atoms in total. The second-order valence-corrected chi connectivity index (χ2v) is 8.27. The summed E-state index contributed by atoms with van der Waals surface area (Å²) in [4.78, 5) is 23.3. The van der Waals surface area contributed by atoms with Gasteiger partial charge in [-0.25, -0.2) is 4.79 Å². The zero-order valence-corrected chi connectivity index (χ0v) is 17.0. The first-order chi connectivity index (χ1) is 12.8. The molecule has 2 aliphatic heterocycles. The van der Waals surface area contributed by atoms with Crippen LogP contribution in [0.15, 0.2) is 11.6 Å². The van der Waals surface area contributed by atoms with Gasteiger partial charge in [0.15, 0.2) is 0 Å². The standard InChI is InChI=1S/C19H28ClNO6/c1-11(2)5-6-13-18(3,27-13)16-15(24-4)12(7-8-19(16)10-25-19)26-17(23)21-14(22)9-20/h5,12-13,15-16H,6-10H2,1-4H3,(H,21,22,23)/t12-,13-,15-,16?,18+,19+/m1/s1. The first kappa shape index (κ1) is 20.6. The van der Waals surface area contributed by atoms with Gasteiger partial charge in [0.05, 0.1) is 18.6 Å². The molecule has 8 heteroatoms. The number of allylic oxidation sites excluding steroid dienone is 1. The van der Waals surface area contributed by atoms with Crippen molar-refractivity contribution in [1.29, 1.82) is 0 Å². The van der Waals surface area contributed by atoms with Crippen LogP contribution in [0.1, 0.15) is 40.0 Å². The number of carbonyl (C=O) groups excluding carboxylic acids is 2. The maximum Gasteiger partial charge on any atom is 0.414 e. The number of carbonyl (C=O) groups is 2. The molecular formula is C19H28ClNO6. The molecule has 152 valence electrons. The lowest BCUT2D eigenvalue weighted by atomic mass is 9.68. The van der Waals surface area contributed by atoms with E-state index in [2.05, 4.69) is 32.2 Å². The molecule has 1 unspecified atom stereocenters. The Labute approximate surface area is 164 Å². The second kappa shape index (κ2) is 7.70. The van der Waals surface area contributed by atoms with E-state index in [0.29, 0.717) is 13.0 Å². The number of imide groups is 1. The van der Waals surface area contributed by atoms with E-state index in [0.717, 1.165) is 12.8 Å². The first-order valence-electron chi connectivity index (χ1n) is 9.30. The Morgan fingerprint density at radius 1 is 1.37 bits per heavy atom. The van der Waals surface area contributed by atoms with Gasteiger partial charge in [0.2, 0.25) is 5.91 Å². The van der Waals surface area contributed by atoms with Crippen molar-refractivity contribution >= 4 is 23.6 Å². The molecule has 2 amide bonds. The van der Waals surface area contributed by atoms with Crippen LogP contribution in [0.2, 0.25) is 0 Å². The fourth-order valence-corrected chi connectivity index (χ4v) is 4.45. The minimum absolute atomic E-state index is 0.0548. The van der Waals surface area contributed by atoms with Gasteiger partial charge in [0.1, 0.15) is 29.3 Å². The molecule has 2 saturated heterocycles. The van der Waals surface area contributed by atoms with Gasteiger partial charge in [-0.1, -0.05) is 11.6 Å². The van der Waals surface area contributed by atoms with Gasteiger partial charge in [-0.2, -0.15) is 0 Å². The van der Waals surface area contributed by atoms with Crippen molar-refractivity contribution in [1.82, 2.24) is 5.32 Å². The molecule has 3 aliphatic rings. The Kier molecular flexibility index (Phi) is 5.87. The summed E-state index contributed by atoms with van der Waals surface area (Å²) in [6, 6.07) is 0. The molecule has 6 atom stereocenters. The summed E-state index contributed by atoms with van der Waals surface area (Å²) in [5.74, 6) is -0.949. The normalized spacial score (nSPS) is 39.6. The molecule has 1 saturated carbocycles. The van der Waals surface area contributed by atoms with Crippen molar-refractivity contribution in [2.75, 3.05) is 19.6 Å². The summed E-state index contributed by atoms with van der Waals surface area (Å²) in [5.41, 5.74) is 0.574. The van der Waals surface area contributed by atoms with Crippen molar-refractivity contribution in [3.8, 4) is 0 Å². The average molecular weight is 402 g/mol. The van der Waals surface area contributed by atoms with Gasteiger partial charge in [-0.15, -0.1) is 11.6 Å². The molecule has 2 heterocycles. The predicted octanol–water partition coefficient (Wildman–Crippen LogP) is 2.55. The zero-order chi connectivity index (χ0) is 19.8. The summed E-state index contributed by atoms with van der Waals surface area (Å²) >= 11 is 5.42. The number of rotatable bonds is 6. The third-order valence-electron chi connectivity index (χ3n) is 5.86. The highest BCUT2D eigenvalue weighted by Crippen LogP contribution is 2.59. The van der Waals surface area contributed by atoms with Gasteiger partial charge in [-0.3, -0.25) is 10.1 Å². The molecule has 3 fully saturated rings. The molecule has 1 N–H and O–H groups in total. The maximum atomic E-state index is 12.0. The molecule has 0 bridgehead atoms. The molecule has 27 heavy (non-hydrogen) atoms. The van der Waals surface area contributed by atoms with Crippen LogP contribution in [0.5, 0.6) is 0 Å². The van der Waals surface area contributed by atoms with Gasteiger partial charge in [-0.05, 0) is 40.0 Å². The number of hydrogen-bond donors (Lipinski definition) is 1. The number of epoxide rings is 2. The van der Waals surface area contributed by atoms with E-state index in [1.54, 1.807) is 7.11 Å². The second-order valence-electron chi connectivity index (χ2n) is 8.00. The van der Waals surface area contributed by atoms with E-state index < -0.39 is 23.7 Å². The highest BCUT2D eigenvalue weighted by atomic mass is 35.5. The molecule has 1 aliphatic carbocycles. The smallest absolute Gasteiger partial charge is 0.414 e. The highest BCUT2D eigenvalue weighted by molar-refractivity contribution is 6.28. The summed E-state index contributed by atoms with van der Waals surface area (Å²) in [5, 5.41) is 2.11. The summed E-state index contributed by atoms with van der Waals surface area (Å²) in [6.07, 6.45) is 2.78. The van der Waals surface area contributed by atoms with E-state index in [1.807, 2.05) is 0 Å². The summed E-state index contributed by atoms with van der Waals surface area (Å²) in [7, 11) is 1.61. The molecule has 0 radical (unpaired) electrons. The van der Waals surface area contributed by atoms with Crippen LogP contribution in [0.3, 0.4) is 0 Å². The molecule has 0 aromatic heterocycles. The van der Waals surface area contributed by atoms with Crippen LogP contribution in [0.25, 0.3) is 0 Å². The Morgan fingerprint density at radius 3 is 2.63 bits per heavy atom. The number of alkyl carbamates (subject to hydrolysis) is 1. The summed E-state index contributed by atoms with van der Waals surface area (Å²) in [6.45, 7) is 6.87. The number of halogens is 1. The van der Waals surface area contributed by atoms with E-state index in [1.165, 1.54) is 5.57 Å². The van der Waals surface area contributed by atoms with Gasteiger partial charge in [0.25, 0.3) is 0 Å². The Balaban J connectivity index is 1.73. The average Bonchev–Trinajstić information content (AvgIpc) is 3.52. The number of alkyl halides is 1. The van der Waals surface area contributed by atoms with Crippen LogP contribution < -0.4 is 5.32 Å². The molecule has 0 aromatic rings. The zero-order valence-electron chi connectivity index (χ0n) is 16.2. The Morgan fingerprint density at radius 2 is 2.07 bits per heavy atom. The first-order valence-corrected chi connectivity index (χ1v) is 9.83. The highest BCUT2D eigenvalue weighted by Gasteiger charge is 2.72. The maximum absolute atomic E-state index is 12.0. The third-order valence-corrected chi connectivity index (χ3v) is 6.10. The quantitative estimate of drug-likeness (QED) is 0.418. The van der Waals surface area contributed by atoms with Crippen LogP contribution in [0, 0.1) is 5.92 Å². The Hall–Kier alpha value is -1.15. The lowest BCUT2D eigenvalue weighted by molar-refractivity contribution is -0.124. The van der Waals surface area contributed by atoms with Crippen LogP contribution in [-0.4, -0.2) is 61.1 Å². The lowest BCUT2D eigenvalue weighted by Crippen LogP contribution is -2.56. The van der Waals surface area contributed by atoms with Gasteiger partial charge >= 0.3 is 6.09 Å². The van der Waals surface area contributed by atoms with Crippen LogP contribution >= 0.6 is 11.6 Å². The van der Waals surface area contributed by atoms with Crippen molar-refractivity contribution in [3.05, 3.63) is 11.6 Å². The minimum Gasteiger partial charge on any atom is -0.443 e. The van der Waals surface area contributed by atoms with Crippen molar-refractivity contribution in [2.45, 2.75) is 69.5 Å². The third kappa shape index (κ3) is 4.16. The van der Waals surface area contributed by atoms with Gasteiger partial charge < -0.3 is 18.9 Å². The molecular weight excluding hydrogens is 374 g/mol. The largest absolute Gasteiger partial charge is 0.443 e. The number of nitrogens with one attached hydrogen (secondary N) is 1. The van der Waals surface area contributed by atoms with E-state index >= 15 is 0 Å². The van der Waals surface area contributed by atoms with E-state index in [4.69, 9.17) is 30.5 Å². The molecule has 3 rings (SSSR count). The number of hydrogen-bond acceptors (Lipinski definition) is 6. The Bertz CT molecular complexity index is 630.